The van der Waals surface area contributed by atoms with E-state index in [9.17, 15) is 0 Å². The molecule has 0 aromatic rings. The number of nitrogens with two attached hydrogens (primary N) is 1. The van der Waals surface area contributed by atoms with Gasteiger partial charge in [-0.15, -0.1) is 0 Å². The van der Waals surface area contributed by atoms with Crippen molar-refractivity contribution in [3.63, 3.8) is 0 Å². The zero-order valence-electron chi connectivity index (χ0n) is 9.48. The van der Waals surface area contributed by atoms with E-state index in [1.54, 1.807) is 14.2 Å². The molecule has 0 saturated heterocycles. The molecular weight excluding hydrogens is 198 g/mol. The van der Waals surface area contributed by atoms with Gasteiger partial charge in [0.25, 0.3) is 0 Å². The molecule has 15 heavy (non-hydrogen) atoms. The smallest absolute Gasteiger partial charge is 0.0984 e. The largest absolute Gasteiger partial charge is 0.382 e. The second kappa shape index (κ2) is 7.14. The monoisotopic (exact) mass is 219 g/mol. The second-order valence-corrected chi connectivity index (χ2v) is 3.61. The predicted octanol–water partition coefficient (Wildman–Crippen LogP) is -0.219. The van der Waals surface area contributed by atoms with Gasteiger partial charge >= 0.3 is 0 Å². The van der Waals surface area contributed by atoms with Crippen molar-refractivity contribution in [3.8, 4) is 0 Å². The highest BCUT2D eigenvalue weighted by Gasteiger charge is 2.39. The lowest BCUT2D eigenvalue weighted by Crippen LogP contribution is -2.57. The molecule has 0 radical (unpaired) electrons. The van der Waals surface area contributed by atoms with Crippen LogP contribution in [0.5, 0.6) is 0 Å². The molecule has 90 valence electrons. The Balaban J connectivity index is 1.92. The van der Waals surface area contributed by atoms with Crippen LogP contribution in [0.1, 0.15) is 6.42 Å². The van der Waals surface area contributed by atoms with Crippen molar-refractivity contribution in [2.75, 3.05) is 40.6 Å². The lowest BCUT2D eigenvalue weighted by Gasteiger charge is -2.40. The molecule has 5 nitrogen and oxygen atoms in total. The molecule has 3 atom stereocenters. The van der Waals surface area contributed by atoms with E-state index in [1.165, 1.54) is 0 Å². The first-order chi connectivity index (χ1) is 7.29. The van der Waals surface area contributed by atoms with Gasteiger partial charge in [0.1, 0.15) is 0 Å². The van der Waals surface area contributed by atoms with Gasteiger partial charge in [-0.3, -0.25) is 0 Å². The number of hydrogen-bond donors (Lipinski definition) is 1. The summed E-state index contributed by atoms with van der Waals surface area (Å²) in [6, 6.07) is 0.120. The molecule has 0 amide bonds. The minimum absolute atomic E-state index is 0.0453. The van der Waals surface area contributed by atoms with Crippen LogP contribution in [-0.2, 0) is 18.9 Å². The first-order valence-electron chi connectivity index (χ1n) is 5.26. The molecule has 1 rings (SSSR count). The van der Waals surface area contributed by atoms with Crippen LogP contribution in [0.3, 0.4) is 0 Å². The maximum atomic E-state index is 5.74. The Bertz CT molecular complexity index is 168. The molecule has 0 heterocycles. The summed E-state index contributed by atoms with van der Waals surface area (Å²) in [5, 5.41) is 0. The summed E-state index contributed by atoms with van der Waals surface area (Å²) in [6.07, 6.45) is 1.05. The zero-order chi connectivity index (χ0) is 11.1. The van der Waals surface area contributed by atoms with Crippen molar-refractivity contribution in [3.05, 3.63) is 0 Å². The number of ether oxygens (including phenoxy) is 4. The minimum atomic E-state index is 0.0453. The van der Waals surface area contributed by atoms with Crippen molar-refractivity contribution >= 4 is 0 Å². The van der Waals surface area contributed by atoms with Gasteiger partial charge < -0.3 is 24.7 Å². The van der Waals surface area contributed by atoms with Gasteiger partial charge in [-0.2, -0.15) is 0 Å². The predicted molar refractivity (Wildman–Crippen MR) is 55.8 cm³/mol. The highest BCUT2D eigenvalue weighted by molar-refractivity contribution is 4.94. The Morgan fingerprint density at radius 1 is 1.13 bits per heavy atom. The van der Waals surface area contributed by atoms with Crippen LogP contribution in [0, 0.1) is 0 Å². The molecule has 0 aromatic carbocycles. The van der Waals surface area contributed by atoms with Crippen LogP contribution in [0.25, 0.3) is 0 Å². The van der Waals surface area contributed by atoms with Crippen molar-refractivity contribution in [2.24, 2.45) is 5.73 Å². The normalized spacial score (nSPS) is 30.2. The van der Waals surface area contributed by atoms with Crippen molar-refractivity contribution in [1.82, 2.24) is 0 Å². The standard InChI is InChI=1S/C10H21NO4/c1-12-3-4-14-5-6-15-9-7-8(11)10(9)13-2/h8-10H,3-7,11H2,1-2H3. The third kappa shape index (κ3) is 4.04. The van der Waals surface area contributed by atoms with Crippen LogP contribution in [0.15, 0.2) is 0 Å². The fourth-order valence-corrected chi connectivity index (χ4v) is 1.61. The summed E-state index contributed by atoms with van der Waals surface area (Å²) >= 11 is 0. The third-order valence-electron chi connectivity index (χ3n) is 2.56. The lowest BCUT2D eigenvalue weighted by atomic mass is 9.86. The molecule has 1 fully saturated rings. The summed E-state index contributed by atoms with van der Waals surface area (Å²) in [4.78, 5) is 0. The van der Waals surface area contributed by atoms with Crippen LogP contribution in [0.4, 0.5) is 0 Å². The Hall–Kier alpha value is -0.200. The van der Waals surface area contributed by atoms with E-state index >= 15 is 0 Å². The van der Waals surface area contributed by atoms with Gasteiger partial charge in [-0.05, 0) is 6.42 Å². The zero-order valence-corrected chi connectivity index (χ0v) is 9.48. The van der Waals surface area contributed by atoms with Gasteiger partial charge in [0.15, 0.2) is 0 Å². The maximum absolute atomic E-state index is 5.74. The Kier molecular flexibility index (Phi) is 6.12. The van der Waals surface area contributed by atoms with E-state index in [0.29, 0.717) is 26.4 Å². The van der Waals surface area contributed by atoms with Crippen LogP contribution < -0.4 is 5.73 Å². The summed E-state index contributed by atoms with van der Waals surface area (Å²) in [7, 11) is 3.31. The second-order valence-electron chi connectivity index (χ2n) is 3.61. The number of rotatable bonds is 8. The molecule has 0 bridgehead atoms. The summed E-state index contributed by atoms with van der Waals surface area (Å²) in [6.45, 7) is 2.40. The fourth-order valence-electron chi connectivity index (χ4n) is 1.61. The van der Waals surface area contributed by atoms with Gasteiger partial charge in [0.05, 0.1) is 38.6 Å². The average molecular weight is 219 g/mol. The Morgan fingerprint density at radius 2 is 1.87 bits per heavy atom. The maximum Gasteiger partial charge on any atom is 0.0984 e. The van der Waals surface area contributed by atoms with Crippen LogP contribution in [-0.4, -0.2) is 58.9 Å². The first kappa shape index (κ1) is 12.9. The molecule has 0 aliphatic heterocycles. The molecule has 1 aliphatic carbocycles. The molecule has 0 aromatic heterocycles. The highest BCUT2D eigenvalue weighted by atomic mass is 16.6. The Morgan fingerprint density at radius 3 is 2.47 bits per heavy atom. The lowest BCUT2D eigenvalue weighted by molar-refractivity contribution is -0.133. The molecule has 1 aliphatic rings. The third-order valence-corrected chi connectivity index (χ3v) is 2.56. The molecule has 0 spiro atoms. The van der Waals surface area contributed by atoms with E-state index in [0.717, 1.165) is 6.42 Å². The highest BCUT2D eigenvalue weighted by Crippen LogP contribution is 2.24. The summed E-state index contributed by atoms with van der Waals surface area (Å²) < 4.78 is 20.9. The summed E-state index contributed by atoms with van der Waals surface area (Å²) in [5.41, 5.74) is 5.74. The van der Waals surface area contributed by atoms with Crippen molar-refractivity contribution in [2.45, 2.75) is 24.7 Å². The van der Waals surface area contributed by atoms with Crippen LogP contribution >= 0.6 is 0 Å². The topological polar surface area (TPSA) is 62.9 Å². The first-order valence-corrected chi connectivity index (χ1v) is 5.26. The van der Waals surface area contributed by atoms with E-state index in [1.807, 2.05) is 0 Å². The number of methoxy groups -OCH3 is 2. The number of hydrogen-bond acceptors (Lipinski definition) is 5. The van der Waals surface area contributed by atoms with Crippen molar-refractivity contribution < 1.29 is 18.9 Å². The van der Waals surface area contributed by atoms with Crippen molar-refractivity contribution in [1.29, 1.82) is 0 Å². The summed E-state index contributed by atoms with van der Waals surface area (Å²) in [5.74, 6) is 0. The molecule has 5 heteroatoms. The minimum Gasteiger partial charge on any atom is -0.382 e. The fraction of sp³-hybridized carbons (Fsp3) is 1.00. The average Bonchev–Trinajstić information content (AvgIpc) is 2.22. The SMILES string of the molecule is COCCOCCOC1CC(N)C1OC. The molecular formula is C10H21NO4. The van der Waals surface area contributed by atoms with Crippen LogP contribution in [0.2, 0.25) is 0 Å². The molecule has 2 N–H and O–H groups in total. The van der Waals surface area contributed by atoms with E-state index < -0.39 is 0 Å². The van der Waals surface area contributed by atoms with Gasteiger partial charge in [-0.1, -0.05) is 0 Å². The molecule has 1 saturated carbocycles. The van der Waals surface area contributed by atoms with E-state index in [4.69, 9.17) is 24.7 Å². The quantitative estimate of drug-likeness (QED) is 0.572. The molecule has 3 unspecified atom stereocenters. The van der Waals surface area contributed by atoms with Gasteiger partial charge in [0.2, 0.25) is 0 Å². The van der Waals surface area contributed by atoms with Gasteiger partial charge in [-0.25, -0.2) is 0 Å². The van der Waals surface area contributed by atoms with Gasteiger partial charge in [0, 0.05) is 20.3 Å². The van der Waals surface area contributed by atoms with E-state index in [-0.39, 0.29) is 18.2 Å². The Labute approximate surface area is 90.8 Å². The van der Waals surface area contributed by atoms with E-state index in [2.05, 4.69) is 0 Å².